The first-order chi connectivity index (χ1) is 14.9. The first-order valence-electron chi connectivity index (χ1n) is 10.5. The lowest BCUT2D eigenvalue weighted by Gasteiger charge is -2.39. The van der Waals surface area contributed by atoms with Crippen molar-refractivity contribution < 1.29 is 18.0 Å². The zero-order chi connectivity index (χ0) is 21.9. The summed E-state index contributed by atoms with van der Waals surface area (Å²) in [6, 6.07) is 16.4. The molecule has 0 atom stereocenters. The third kappa shape index (κ3) is 4.90. The topological polar surface area (TPSA) is 88.1 Å². The van der Waals surface area contributed by atoms with Crippen molar-refractivity contribution in [2.75, 3.05) is 17.5 Å². The number of nitrogens with zero attached hydrogens (tertiary/aromatic N) is 2. The molecular formula is C23H27N3O4S. The van der Waals surface area contributed by atoms with E-state index in [1.165, 1.54) is 0 Å². The molecule has 7 nitrogen and oxygen atoms in total. The SMILES string of the molecule is CS(=O)(=O)Nc1ccccc1CN1CCC2(CCCC2)C(=NOc2ccccc2)C1=O. The van der Waals surface area contributed by atoms with Crippen LogP contribution in [0.25, 0.3) is 0 Å². The van der Waals surface area contributed by atoms with E-state index in [9.17, 15) is 13.2 Å². The molecular weight excluding hydrogens is 414 g/mol. The van der Waals surface area contributed by atoms with Gasteiger partial charge < -0.3 is 9.74 Å². The lowest BCUT2D eigenvalue weighted by molar-refractivity contribution is -0.127. The van der Waals surface area contributed by atoms with E-state index < -0.39 is 10.0 Å². The van der Waals surface area contributed by atoms with Crippen molar-refractivity contribution in [1.29, 1.82) is 0 Å². The Morgan fingerprint density at radius 1 is 1.03 bits per heavy atom. The molecule has 1 spiro atoms. The van der Waals surface area contributed by atoms with E-state index in [4.69, 9.17) is 4.84 Å². The van der Waals surface area contributed by atoms with Crippen LogP contribution in [0.3, 0.4) is 0 Å². The molecule has 0 unspecified atom stereocenters. The maximum absolute atomic E-state index is 13.5. The molecule has 1 amide bonds. The van der Waals surface area contributed by atoms with Gasteiger partial charge in [0.2, 0.25) is 10.0 Å². The van der Waals surface area contributed by atoms with Crippen molar-refractivity contribution >= 4 is 27.3 Å². The summed E-state index contributed by atoms with van der Waals surface area (Å²) < 4.78 is 26.0. The normalized spacial score (nSPS) is 19.7. The predicted molar refractivity (Wildman–Crippen MR) is 120 cm³/mol. The minimum atomic E-state index is -3.42. The van der Waals surface area contributed by atoms with Crippen LogP contribution in [-0.4, -0.2) is 37.7 Å². The highest BCUT2D eigenvalue weighted by molar-refractivity contribution is 7.92. The van der Waals surface area contributed by atoms with E-state index in [0.717, 1.165) is 43.9 Å². The minimum absolute atomic E-state index is 0.141. The molecule has 2 aliphatic rings. The highest BCUT2D eigenvalue weighted by Gasteiger charge is 2.47. The summed E-state index contributed by atoms with van der Waals surface area (Å²) in [5.41, 5.74) is 1.48. The Hall–Kier alpha value is -2.87. The minimum Gasteiger partial charge on any atom is -0.357 e. The van der Waals surface area contributed by atoms with E-state index in [1.807, 2.05) is 42.5 Å². The maximum Gasteiger partial charge on any atom is 0.272 e. The van der Waals surface area contributed by atoms with Gasteiger partial charge in [-0.2, -0.15) is 0 Å². The maximum atomic E-state index is 13.5. The Bertz CT molecular complexity index is 1080. The molecule has 1 aliphatic carbocycles. The summed E-state index contributed by atoms with van der Waals surface area (Å²) in [4.78, 5) is 20.9. The molecule has 31 heavy (non-hydrogen) atoms. The van der Waals surface area contributed by atoms with E-state index in [1.54, 1.807) is 17.0 Å². The Morgan fingerprint density at radius 2 is 1.71 bits per heavy atom. The van der Waals surface area contributed by atoms with Crippen LogP contribution >= 0.6 is 0 Å². The van der Waals surface area contributed by atoms with E-state index >= 15 is 0 Å². The number of anilines is 1. The molecule has 1 saturated heterocycles. The molecule has 4 rings (SSSR count). The molecule has 2 fully saturated rings. The quantitative estimate of drug-likeness (QED) is 0.691. The number of nitrogens with one attached hydrogen (secondary N) is 1. The first kappa shape index (κ1) is 21.4. The van der Waals surface area contributed by atoms with Gasteiger partial charge in [-0.1, -0.05) is 54.4 Å². The predicted octanol–water partition coefficient (Wildman–Crippen LogP) is 3.79. The van der Waals surface area contributed by atoms with Crippen LogP contribution in [0.4, 0.5) is 5.69 Å². The second-order valence-electron chi connectivity index (χ2n) is 8.34. The number of rotatable bonds is 6. The van der Waals surface area contributed by atoms with Gasteiger partial charge in [-0.25, -0.2) is 8.42 Å². The van der Waals surface area contributed by atoms with Crippen LogP contribution in [0, 0.1) is 5.41 Å². The van der Waals surface area contributed by atoms with Crippen LogP contribution in [0.5, 0.6) is 5.75 Å². The van der Waals surface area contributed by atoms with Gasteiger partial charge in [0.25, 0.3) is 5.91 Å². The zero-order valence-corrected chi connectivity index (χ0v) is 18.4. The third-order valence-electron chi connectivity index (χ3n) is 6.07. The lowest BCUT2D eigenvalue weighted by Crippen LogP contribution is -2.51. The second-order valence-corrected chi connectivity index (χ2v) is 10.1. The molecule has 8 heteroatoms. The summed E-state index contributed by atoms with van der Waals surface area (Å²) in [5, 5.41) is 4.36. The summed E-state index contributed by atoms with van der Waals surface area (Å²) in [5.74, 6) is 0.453. The number of oxime groups is 1. The average molecular weight is 442 g/mol. The highest BCUT2D eigenvalue weighted by atomic mass is 32.2. The molecule has 0 bridgehead atoms. The largest absolute Gasteiger partial charge is 0.357 e. The molecule has 1 N–H and O–H groups in total. The van der Waals surface area contributed by atoms with Crippen LogP contribution in [-0.2, 0) is 21.4 Å². The number of amides is 1. The highest BCUT2D eigenvalue weighted by Crippen LogP contribution is 2.45. The number of likely N-dealkylation sites (tertiary alicyclic amines) is 1. The number of carbonyl (C=O) groups excluding carboxylic acids is 1. The van der Waals surface area contributed by atoms with Crippen molar-refractivity contribution in [2.24, 2.45) is 10.6 Å². The van der Waals surface area contributed by atoms with Crippen molar-refractivity contribution in [3.8, 4) is 5.75 Å². The Balaban J connectivity index is 1.59. The van der Waals surface area contributed by atoms with Gasteiger partial charge in [-0.15, -0.1) is 0 Å². The van der Waals surface area contributed by atoms with Gasteiger partial charge in [0, 0.05) is 18.5 Å². The molecule has 0 aromatic heterocycles. The second kappa shape index (κ2) is 8.70. The number of benzene rings is 2. The number of piperidine rings is 1. The fourth-order valence-electron chi connectivity index (χ4n) is 4.51. The fraction of sp³-hybridized carbons (Fsp3) is 0.391. The van der Waals surface area contributed by atoms with Crippen molar-refractivity contribution in [1.82, 2.24) is 4.90 Å². The van der Waals surface area contributed by atoms with E-state index in [-0.39, 0.29) is 11.3 Å². The number of sulfonamides is 1. The van der Waals surface area contributed by atoms with Gasteiger partial charge >= 0.3 is 0 Å². The number of hydrogen-bond acceptors (Lipinski definition) is 5. The number of para-hydroxylation sites is 2. The lowest BCUT2D eigenvalue weighted by atomic mass is 9.75. The monoisotopic (exact) mass is 441 g/mol. The summed E-state index contributed by atoms with van der Waals surface area (Å²) in [7, 11) is -3.42. The Morgan fingerprint density at radius 3 is 2.42 bits per heavy atom. The van der Waals surface area contributed by atoms with Gasteiger partial charge in [0.15, 0.2) is 11.5 Å². The zero-order valence-electron chi connectivity index (χ0n) is 17.6. The number of carbonyl (C=O) groups is 1. The van der Waals surface area contributed by atoms with Crippen LogP contribution in [0.15, 0.2) is 59.8 Å². The molecule has 164 valence electrons. The standard InChI is InChI=1S/C23H27N3O4S/c1-31(28,29)25-20-12-6-5-9-18(20)17-26-16-15-23(13-7-8-14-23)21(22(26)27)24-30-19-10-3-2-4-11-19/h2-6,9-12,25H,7-8,13-17H2,1H3. The number of hydrogen-bond donors (Lipinski definition) is 1. The van der Waals surface area contributed by atoms with Crippen LogP contribution < -0.4 is 9.56 Å². The van der Waals surface area contributed by atoms with Crippen LogP contribution in [0.2, 0.25) is 0 Å². The molecule has 0 radical (unpaired) electrons. The van der Waals surface area contributed by atoms with Gasteiger partial charge in [0.1, 0.15) is 0 Å². The molecule has 1 heterocycles. The molecule has 1 saturated carbocycles. The van der Waals surface area contributed by atoms with E-state index in [0.29, 0.717) is 30.2 Å². The van der Waals surface area contributed by atoms with Gasteiger partial charge in [0.05, 0.1) is 11.9 Å². The first-order valence-corrected chi connectivity index (χ1v) is 12.4. The van der Waals surface area contributed by atoms with E-state index in [2.05, 4.69) is 9.88 Å². The third-order valence-corrected chi connectivity index (χ3v) is 6.66. The van der Waals surface area contributed by atoms with Crippen molar-refractivity contribution in [3.05, 3.63) is 60.2 Å². The summed E-state index contributed by atoms with van der Waals surface area (Å²) in [6.07, 6.45) is 5.99. The van der Waals surface area contributed by atoms with Gasteiger partial charge in [-0.05, 0) is 43.0 Å². The molecule has 1 aliphatic heterocycles. The Labute approximate surface area is 183 Å². The summed E-state index contributed by atoms with van der Waals surface area (Å²) in [6.45, 7) is 0.911. The average Bonchev–Trinajstić information content (AvgIpc) is 3.20. The molecule has 2 aromatic carbocycles. The van der Waals surface area contributed by atoms with Crippen molar-refractivity contribution in [2.45, 2.75) is 38.6 Å². The Kier molecular flexibility index (Phi) is 6.00. The fourth-order valence-corrected chi connectivity index (χ4v) is 5.11. The van der Waals surface area contributed by atoms with Crippen molar-refractivity contribution in [3.63, 3.8) is 0 Å². The van der Waals surface area contributed by atoms with Gasteiger partial charge in [-0.3, -0.25) is 9.52 Å². The summed E-state index contributed by atoms with van der Waals surface area (Å²) >= 11 is 0. The van der Waals surface area contributed by atoms with Crippen LogP contribution in [0.1, 0.15) is 37.7 Å². The smallest absolute Gasteiger partial charge is 0.272 e. The molecule has 2 aromatic rings.